The molecule has 134 valence electrons. The number of nitrogens with zero attached hydrogens (tertiary/aromatic N) is 1. The molecule has 0 heterocycles. The Bertz CT molecular complexity index is 897. The maximum Gasteiger partial charge on any atom is 0.248 e. The van der Waals surface area contributed by atoms with Crippen LogP contribution in [0.2, 0.25) is 5.02 Å². The molecule has 1 amide bonds. The molecule has 0 aromatic heterocycles. The van der Waals surface area contributed by atoms with Gasteiger partial charge in [-0.3, -0.25) is 9.10 Å². The first-order valence-electron chi connectivity index (χ1n) is 7.72. The van der Waals surface area contributed by atoms with E-state index in [9.17, 15) is 13.2 Å². The van der Waals surface area contributed by atoms with Gasteiger partial charge in [0.05, 0.1) is 11.9 Å². The summed E-state index contributed by atoms with van der Waals surface area (Å²) in [6, 6.07) is 11.2. The van der Waals surface area contributed by atoms with E-state index in [-0.39, 0.29) is 0 Å². The zero-order valence-corrected chi connectivity index (χ0v) is 16.1. The van der Waals surface area contributed by atoms with E-state index in [0.717, 1.165) is 21.7 Å². The lowest BCUT2D eigenvalue weighted by molar-refractivity contribution is -0.116. The molecule has 25 heavy (non-hydrogen) atoms. The fourth-order valence-corrected chi connectivity index (χ4v) is 3.97. The van der Waals surface area contributed by atoms with Crippen molar-refractivity contribution in [1.29, 1.82) is 0 Å². The molecule has 1 N–H and O–H groups in total. The molecule has 5 nitrogen and oxygen atoms in total. The van der Waals surface area contributed by atoms with Crippen molar-refractivity contribution in [2.24, 2.45) is 0 Å². The second-order valence-corrected chi connectivity index (χ2v) is 8.32. The number of carbonyl (C=O) groups is 1. The molecule has 0 fully saturated rings. The van der Waals surface area contributed by atoms with Gasteiger partial charge in [-0.25, -0.2) is 8.42 Å². The van der Waals surface area contributed by atoms with Gasteiger partial charge < -0.3 is 5.32 Å². The molecule has 2 aromatic carbocycles. The zero-order chi connectivity index (χ0) is 18.8. The molecule has 0 aliphatic carbocycles. The minimum Gasteiger partial charge on any atom is -0.324 e. The summed E-state index contributed by atoms with van der Waals surface area (Å²) in [6.45, 7) is 5.25. The van der Waals surface area contributed by atoms with E-state index in [2.05, 4.69) is 5.32 Å². The number of hydrogen-bond acceptors (Lipinski definition) is 3. The van der Waals surface area contributed by atoms with Gasteiger partial charge in [0.2, 0.25) is 15.9 Å². The predicted octanol–water partition coefficient (Wildman–Crippen LogP) is 3.75. The van der Waals surface area contributed by atoms with Gasteiger partial charge in [0.1, 0.15) is 6.04 Å². The molecule has 2 rings (SSSR count). The van der Waals surface area contributed by atoms with Crippen molar-refractivity contribution in [3.63, 3.8) is 0 Å². The summed E-state index contributed by atoms with van der Waals surface area (Å²) in [7, 11) is -3.64. The van der Waals surface area contributed by atoms with Gasteiger partial charge in [-0.15, -0.1) is 0 Å². The summed E-state index contributed by atoms with van der Waals surface area (Å²) in [6.07, 6.45) is 1.09. The second-order valence-electron chi connectivity index (χ2n) is 6.02. The van der Waals surface area contributed by atoms with Crippen LogP contribution in [0.25, 0.3) is 0 Å². The lowest BCUT2D eigenvalue weighted by Gasteiger charge is -2.28. The Morgan fingerprint density at radius 2 is 1.84 bits per heavy atom. The first-order chi connectivity index (χ1) is 11.6. The molecule has 0 saturated carbocycles. The van der Waals surface area contributed by atoms with E-state index < -0.39 is 22.0 Å². The molecule has 0 aliphatic heterocycles. The number of benzene rings is 2. The number of nitrogens with one attached hydrogen (secondary N) is 1. The topological polar surface area (TPSA) is 66.5 Å². The molecule has 0 radical (unpaired) electrons. The summed E-state index contributed by atoms with van der Waals surface area (Å²) < 4.78 is 25.7. The van der Waals surface area contributed by atoms with Crippen molar-refractivity contribution < 1.29 is 13.2 Å². The van der Waals surface area contributed by atoms with Crippen LogP contribution in [0.5, 0.6) is 0 Å². The van der Waals surface area contributed by atoms with Crippen LogP contribution in [0.4, 0.5) is 11.4 Å². The molecule has 0 spiro atoms. The summed E-state index contributed by atoms with van der Waals surface area (Å²) in [4.78, 5) is 12.6. The molecule has 1 atom stereocenters. The Balaban J connectivity index is 2.33. The lowest BCUT2D eigenvalue weighted by Crippen LogP contribution is -2.45. The molecule has 7 heteroatoms. The van der Waals surface area contributed by atoms with Gasteiger partial charge in [-0.2, -0.15) is 0 Å². The summed E-state index contributed by atoms with van der Waals surface area (Å²) in [5.41, 5.74) is 2.76. The third-order valence-corrected chi connectivity index (χ3v) is 5.27. The van der Waals surface area contributed by atoms with Crippen molar-refractivity contribution in [1.82, 2.24) is 0 Å². The average molecular weight is 381 g/mol. The summed E-state index contributed by atoms with van der Waals surface area (Å²) in [5, 5.41) is 3.34. The molecular formula is C18H21ClN2O3S. The quantitative estimate of drug-likeness (QED) is 0.858. The summed E-state index contributed by atoms with van der Waals surface area (Å²) in [5.74, 6) is -0.419. The number of amides is 1. The van der Waals surface area contributed by atoms with Gasteiger partial charge in [-0.1, -0.05) is 23.7 Å². The third-order valence-electron chi connectivity index (χ3n) is 3.79. The van der Waals surface area contributed by atoms with E-state index in [1.807, 2.05) is 19.9 Å². The number of rotatable bonds is 5. The smallest absolute Gasteiger partial charge is 0.248 e. The van der Waals surface area contributed by atoms with E-state index in [1.54, 1.807) is 43.3 Å². The molecule has 0 bridgehead atoms. The maximum absolute atomic E-state index is 12.6. The Morgan fingerprint density at radius 1 is 1.16 bits per heavy atom. The van der Waals surface area contributed by atoms with Crippen molar-refractivity contribution in [3.05, 3.63) is 58.6 Å². The number of sulfonamides is 1. The van der Waals surface area contributed by atoms with Crippen molar-refractivity contribution >= 4 is 38.9 Å². The van der Waals surface area contributed by atoms with Crippen LogP contribution in [0.1, 0.15) is 18.1 Å². The minimum atomic E-state index is -3.64. The summed E-state index contributed by atoms with van der Waals surface area (Å²) >= 11 is 5.92. The second kappa shape index (κ2) is 7.45. The highest BCUT2D eigenvalue weighted by Crippen LogP contribution is 2.24. The van der Waals surface area contributed by atoms with Crippen molar-refractivity contribution in [3.8, 4) is 0 Å². The van der Waals surface area contributed by atoms with Crippen LogP contribution in [0.15, 0.2) is 42.5 Å². The fourth-order valence-electron chi connectivity index (χ4n) is 2.58. The highest BCUT2D eigenvalue weighted by molar-refractivity contribution is 7.92. The number of aryl methyl sites for hydroxylation is 2. The largest absolute Gasteiger partial charge is 0.324 e. The van der Waals surface area contributed by atoms with Crippen LogP contribution >= 0.6 is 11.6 Å². The lowest BCUT2D eigenvalue weighted by atomic mass is 10.1. The van der Waals surface area contributed by atoms with E-state index >= 15 is 0 Å². The van der Waals surface area contributed by atoms with Crippen LogP contribution in [-0.4, -0.2) is 26.6 Å². The first-order valence-corrected chi connectivity index (χ1v) is 9.95. The van der Waals surface area contributed by atoms with Crippen LogP contribution in [0, 0.1) is 13.8 Å². The van der Waals surface area contributed by atoms with Crippen molar-refractivity contribution in [2.45, 2.75) is 26.8 Å². The van der Waals surface area contributed by atoms with Gasteiger partial charge in [0.25, 0.3) is 0 Å². The highest BCUT2D eigenvalue weighted by atomic mass is 35.5. The number of anilines is 2. The molecule has 2 aromatic rings. The number of halogens is 1. The monoisotopic (exact) mass is 380 g/mol. The molecular weight excluding hydrogens is 360 g/mol. The maximum atomic E-state index is 12.6. The van der Waals surface area contributed by atoms with Gasteiger partial charge in [0, 0.05) is 10.7 Å². The first kappa shape index (κ1) is 19.3. The van der Waals surface area contributed by atoms with Gasteiger partial charge >= 0.3 is 0 Å². The van der Waals surface area contributed by atoms with E-state index in [1.165, 1.54) is 0 Å². The zero-order valence-electron chi connectivity index (χ0n) is 14.6. The normalized spacial score (nSPS) is 12.5. The van der Waals surface area contributed by atoms with E-state index in [0.29, 0.717) is 16.4 Å². The van der Waals surface area contributed by atoms with Gasteiger partial charge in [-0.05, 0) is 62.2 Å². The van der Waals surface area contributed by atoms with Crippen molar-refractivity contribution in [2.75, 3.05) is 15.9 Å². The molecule has 0 unspecified atom stereocenters. The number of hydrogen-bond donors (Lipinski definition) is 1. The highest BCUT2D eigenvalue weighted by Gasteiger charge is 2.29. The fraction of sp³-hybridized carbons (Fsp3) is 0.278. The van der Waals surface area contributed by atoms with Crippen LogP contribution in [-0.2, 0) is 14.8 Å². The van der Waals surface area contributed by atoms with E-state index in [4.69, 9.17) is 11.6 Å². The Morgan fingerprint density at radius 3 is 2.40 bits per heavy atom. The van der Waals surface area contributed by atoms with Crippen LogP contribution in [0.3, 0.4) is 0 Å². The molecule has 0 saturated heterocycles. The number of carbonyl (C=O) groups excluding carboxylic acids is 1. The Labute approximate surface area is 153 Å². The predicted molar refractivity (Wildman–Crippen MR) is 103 cm³/mol. The van der Waals surface area contributed by atoms with Gasteiger partial charge in [0.15, 0.2) is 0 Å². The van der Waals surface area contributed by atoms with Crippen LogP contribution < -0.4 is 9.62 Å². The third kappa shape index (κ3) is 4.74. The average Bonchev–Trinajstić information content (AvgIpc) is 2.48. The Kier molecular flexibility index (Phi) is 5.75. The minimum absolute atomic E-state index is 0.419. The Hall–Kier alpha value is -2.05. The standard InChI is InChI=1S/C18H21ClN2O3S/c1-12-6-5-7-16(10-12)21(25(4,23)24)14(3)18(22)20-17-9-8-15(19)11-13(17)2/h5-11,14H,1-4H3,(H,20,22)/t14-/m1/s1. The SMILES string of the molecule is Cc1cccc(N([C@H](C)C(=O)Nc2ccc(Cl)cc2C)S(C)(=O)=O)c1. The molecule has 0 aliphatic rings.